The number of carbonyl (C=O) groups excluding carboxylic acids is 2. The Morgan fingerprint density at radius 2 is 1.77 bits per heavy atom. The number of carbonyl (C=O) groups is 2. The number of nitrogens with zero attached hydrogens (tertiary/aromatic N) is 2. The summed E-state index contributed by atoms with van der Waals surface area (Å²) in [5.74, 6) is 0.311. The Labute approximate surface area is 128 Å². The second-order valence-corrected chi connectivity index (χ2v) is 5.01. The average molecular weight is 296 g/mol. The number of fused-ring (bicyclic) bond motifs is 1. The van der Waals surface area contributed by atoms with Gasteiger partial charge in [0.1, 0.15) is 5.75 Å². The average Bonchev–Trinajstić information content (AvgIpc) is 2.79. The van der Waals surface area contributed by atoms with Crippen molar-refractivity contribution in [3.63, 3.8) is 0 Å². The summed E-state index contributed by atoms with van der Waals surface area (Å²) in [6.45, 7) is 2.92. The highest BCUT2D eigenvalue weighted by molar-refractivity contribution is 6.21. The Hall–Kier alpha value is -2.69. The first-order valence-corrected chi connectivity index (χ1v) is 7.22. The van der Waals surface area contributed by atoms with Gasteiger partial charge in [0.2, 0.25) is 0 Å². The molecular formula is C17H16N2O3. The lowest BCUT2D eigenvalue weighted by atomic mass is 10.1. The molecule has 0 N–H and O–H groups in total. The van der Waals surface area contributed by atoms with Gasteiger partial charge in [-0.3, -0.25) is 19.5 Å². The van der Waals surface area contributed by atoms with E-state index in [2.05, 4.69) is 4.98 Å². The number of ether oxygens (including phenoxy) is 1. The molecule has 1 aromatic carbocycles. The van der Waals surface area contributed by atoms with Gasteiger partial charge in [0.05, 0.1) is 17.7 Å². The van der Waals surface area contributed by atoms with E-state index in [0.717, 1.165) is 11.3 Å². The maximum Gasteiger partial charge on any atom is 0.263 e. The molecule has 22 heavy (non-hydrogen) atoms. The van der Waals surface area contributed by atoms with Crippen LogP contribution >= 0.6 is 0 Å². The van der Waals surface area contributed by atoms with Crippen LogP contribution in [-0.4, -0.2) is 34.8 Å². The van der Waals surface area contributed by atoms with Gasteiger partial charge < -0.3 is 4.74 Å². The number of aromatic nitrogens is 1. The zero-order chi connectivity index (χ0) is 15.5. The second-order valence-electron chi connectivity index (χ2n) is 5.01. The highest BCUT2D eigenvalue weighted by atomic mass is 16.5. The molecule has 3 rings (SSSR count). The topological polar surface area (TPSA) is 59.5 Å². The van der Waals surface area contributed by atoms with E-state index in [-0.39, 0.29) is 11.8 Å². The number of hydrogen-bond acceptors (Lipinski definition) is 4. The van der Waals surface area contributed by atoms with Crippen LogP contribution in [0.15, 0.2) is 42.7 Å². The van der Waals surface area contributed by atoms with Crippen molar-refractivity contribution >= 4 is 11.8 Å². The Morgan fingerprint density at radius 3 is 2.45 bits per heavy atom. The molecule has 0 saturated carbocycles. The highest BCUT2D eigenvalue weighted by Crippen LogP contribution is 2.22. The normalized spacial score (nSPS) is 13.4. The Balaban J connectivity index is 1.67. The molecule has 0 atom stereocenters. The van der Waals surface area contributed by atoms with Gasteiger partial charge in [0, 0.05) is 18.9 Å². The van der Waals surface area contributed by atoms with E-state index in [0.29, 0.717) is 30.7 Å². The lowest BCUT2D eigenvalue weighted by molar-refractivity contribution is 0.0656. The van der Waals surface area contributed by atoms with Gasteiger partial charge in [-0.2, -0.15) is 0 Å². The largest absolute Gasteiger partial charge is 0.494 e. The molecule has 2 amide bonds. The fourth-order valence-corrected chi connectivity index (χ4v) is 2.50. The van der Waals surface area contributed by atoms with Crippen molar-refractivity contribution in [3.8, 4) is 5.75 Å². The van der Waals surface area contributed by atoms with E-state index in [4.69, 9.17) is 4.74 Å². The van der Waals surface area contributed by atoms with Crippen molar-refractivity contribution in [3.05, 3.63) is 59.4 Å². The lowest BCUT2D eigenvalue weighted by Gasteiger charge is -2.13. The molecule has 1 aliphatic heterocycles. The lowest BCUT2D eigenvalue weighted by Crippen LogP contribution is -2.31. The highest BCUT2D eigenvalue weighted by Gasteiger charge is 2.34. The van der Waals surface area contributed by atoms with Crippen LogP contribution in [0.25, 0.3) is 0 Å². The molecule has 112 valence electrons. The fraction of sp³-hybridized carbons (Fsp3) is 0.235. The van der Waals surface area contributed by atoms with E-state index in [1.807, 2.05) is 31.2 Å². The predicted molar refractivity (Wildman–Crippen MR) is 80.9 cm³/mol. The molecule has 5 heteroatoms. The predicted octanol–water partition coefficient (Wildman–Crippen LogP) is 2.32. The fourth-order valence-electron chi connectivity index (χ4n) is 2.50. The van der Waals surface area contributed by atoms with Crippen LogP contribution in [-0.2, 0) is 6.42 Å². The minimum absolute atomic E-state index is 0.242. The maximum absolute atomic E-state index is 12.2. The molecule has 0 saturated heterocycles. The summed E-state index contributed by atoms with van der Waals surface area (Å²) in [7, 11) is 0. The smallest absolute Gasteiger partial charge is 0.263 e. The SMILES string of the molecule is CCOc1ccc(CCN2C(=O)c3ccncc3C2=O)cc1. The van der Waals surface area contributed by atoms with Crippen LogP contribution < -0.4 is 4.74 Å². The van der Waals surface area contributed by atoms with E-state index in [1.54, 1.807) is 6.07 Å². The zero-order valence-corrected chi connectivity index (χ0v) is 12.3. The van der Waals surface area contributed by atoms with Gasteiger partial charge in [-0.15, -0.1) is 0 Å². The molecule has 0 bridgehead atoms. The molecule has 0 radical (unpaired) electrons. The van der Waals surface area contributed by atoms with E-state index in [1.165, 1.54) is 17.3 Å². The van der Waals surface area contributed by atoms with Crippen LogP contribution in [0.2, 0.25) is 0 Å². The summed E-state index contributed by atoms with van der Waals surface area (Å²) in [6.07, 6.45) is 3.59. The molecule has 5 nitrogen and oxygen atoms in total. The van der Waals surface area contributed by atoms with Crippen LogP contribution in [0.4, 0.5) is 0 Å². The molecule has 0 unspecified atom stereocenters. The van der Waals surface area contributed by atoms with Crippen molar-refractivity contribution in [1.29, 1.82) is 0 Å². The maximum atomic E-state index is 12.2. The summed E-state index contributed by atoms with van der Waals surface area (Å²) in [5, 5.41) is 0. The van der Waals surface area contributed by atoms with Crippen LogP contribution in [0.1, 0.15) is 33.2 Å². The Kier molecular flexibility index (Phi) is 3.87. The quantitative estimate of drug-likeness (QED) is 0.794. The van der Waals surface area contributed by atoms with E-state index < -0.39 is 0 Å². The van der Waals surface area contributed by atoms with Gasteiger partial charge in [0.15, 0.2) is 0 Å². The summed E-state index contributed by atoms with van der Waals surface area (Å²) in [4.78, 5) is 29.6. The van der Waals surface area contributed by atoms with E-state index >= 15 is 0 Å². The third kappa shape index (κ3) is 2.57. The molecule has 2 aromatic rings. The van der Waals surface area contributed by atoms with Crippen molar-refractivity contribution in [2.75, 3.05) is 13.2 Å². The van der Waals surface area contributed by atoms with Crippen LogP contribution in [0.5, 0.6) is 5.75 Å². The van der Waals surface area contributed by atoms with Gasteiger partial charge >= 0.3 is 0 Å². The number of hydrogen-bond donors (Lipinski definition) is 0. The summed E-state index contributed by atoms with van der Waals surface area (Å²) >= 11 is 0. The molecular weight excluding hydrogens is 280 g/mol. The van der Waals surface area contributed by atoms with Crippen LogP contribution in [0, 0.1) is 0 Å². The number of pyridine rings is 1. The van der Waals surface area contributed by atoms with Crippen LogP contribution in [0.3, 0.4) is 0 Å². The van der Waals surface area contributed by atoms with Gasteiger partial charge in [-0.05, 0) is 37.1 Å². The van der Waals surface area contributed by atoms with Gasteiger partial charge in [-0.25, -0.2) is 0 Å². The molecule has 1 aliphatic rings. The van der Waals surface area contributed by atoms with Gasteiger partial charge in [0.25, 0.3) is 11.8 Å². The first kappa shape index (κ1) is 14.3. The summed E-state index contributed by atoms with van der Waals surface area (Å²) in [5.41, 5.74) is 1.88. The standard InChI is InChI=1S/C17H16N2O3/c1-2-22-13-5-3-12(4-6-13)8-10-19-16(20)14-7-9-18-11-15(14)17(19)21/h3-7,9,11H,2,8,10H2,1H3. The Morgan fingerprint density at radius 1 is 1.05 bits per heavy atom. The van der Waals surface area contributed by atoms with Crippen molar-refractivity contribution < 1.29 is 14.3 Å². The third-order valence-electron chi connectivity index (χ3n) is 3.63. The van der Waals surface area contributed by atoms with Gasteiger partial charge in [-0.1, -0.05) is 12.1 Å². The summed E-state index contributed by atoms with van der Waals surface area (Å²) in [6, 6.07) is 9.28. The van der Waals surface area contributed by atoms with E-state index in [9.17, 15) is 9.59 Å². The molecule has 0 fully saturated rings. The van der Waals surface area contributed by atoms with Crippen molar-refractivity contribution in [1.82, 2.24) is 9.88 Å². The number of benzene rings is 1. The molecule has 0 aliphatic carbocycles. The zero-order valence-electron chi connectivity index (χ0n) is 12.3. The third-order valence-corrected chi connectivity index (χ3v) is 3.63. The molecule has 2 heterocycles. The second kappa shape index (κ2) is 5.97. The first-order valence-electron chi connectivity index (χ1n) is 7.22. The molecule has 1 aromatic heterocycles. The Bertz CT molecular complexity index is 675. The first-order chi connectivity index (χ1) is 10.7. The minimum Gasteiger partial charge on any atom is -0.494 e. The molecule has 0 spiro atoms. The monoisotopic (exact) mass is 296 g/mol. The number of imide groups is 1. The minimum atomic E-state index is -0.265. The number of amides is 2. The van der Waals surface area contributed by atoms with Crippen molar-refractivity contribution in [2.45, 2.75) is 13.3 Å². The number of rotatable bonds is 5. The summed E-state index contributed by atoms with van der Waals surface area (Å²) < 4.78 is 5.39. The van der Waals surface area contributed by atoms with Crippen molar-refractivity contribution in [2.24, 2.45) is 0 Å².